The Kier molecular flexibility index (Phi) is 4.37. The third kappa shape index (κ3) is 3.28. The number of hydrogen-bond acceptors (Lipinski definition) is 4. The van der Waals surface area contributed by atoms with E-state index in [0.717, 1.165) is 33.6 Å². The van der Waals surface area contributed by atoms with E-state index >= 15 is 0 Å². The number of pyridine rings is 1. The molecule has 4 aromatic rings. The summed E-state index contributed by atoms with van der Waals surface area (Å²) in [7, 11) is 0. The fraction of sp³-hybridized carbons (Fsp3) is 0. The number of nitrogens with zero attached hydrogens (tertiary/aromatic N) is 4. The third-order valence-electron chi connectivity index (χ3n) is 4.32. The molecule has 0 aliphatic rings. The number of amidine groups is 1. The lowest BCUT2D eigenvalue weighted by Gasteiger charge is -2.04. The van der Waals surface area contributed by atoms with Crippen LogP contribution < -0.4 is 11.6 Å². The molecule has 0 unspecified atom stereocenters. The van der Waals surface area contributed by atoms with Crippen LogP contribution in [0.15, 0.2) is 90.4 Å². The second-order valence-corrected chi connectivity index (χ2v) is 6.00. The van der Waals surface area contributed by atoms with E-state index in [1.807, 2.05) is 77.6 Å². The Morgan fingerprint density at radius 1 is 0.852 bits per heavy atom. The lowest BCUT2D eigenvalue weighted by Crippen LogP contribution is -2.15. The summed E-state index contributed by atoms with van der Waals surface area (Å²) in [6.45, 7) is 0. The van der Waals surface area contributed by atoms with Crippen LogP contribution in [0.5, 0.6) is 0 Å². The van der Waals surface area contributed by atoms with E-state index in [0.29, 0.717) is 5.84 Å². The average molecular weight is 354 g/mol. The van der Waals surface area contributed by atoms with Crippen LogP contribution in [0, 0.1) is 0 Å². The van der Waals surface area contributed by atoms with Crippen LogP contribution in [0.25, 0.3) is 28.1 Å². The lowest BCUT2D eigenvalue weighted by atomic mass is 10.0. The monoisotopic (exact) mass is 354 g/mol. The first-order valence-electron chi connectivity index (χ1n) is 8.46. The zero-order valence-electron chi connectivity index (χ0n) is 14.5. The lowest BCUT2D eigenvalue weighted by molar-refractivity contribution is 0.884. The van der Waals surface area contributed by atoms with Crippen LogP contribution in [0.2, 0.25) is 0 Å². The molecule has 4 rings (SSSR count). The molecule has 27 heavy (non-hydrogen) atoms. The van der Waals surface area contributed by atoms with E-state index in [4.69, 9.17) is 16.7 Å². The number of aromatic nitrogens is 3. The van der Waals surface area contributed by atoms with Gasteiger partial charge < -0.3 is 11.6 Å². The average Bonchev–Trinajstić information content (AvgIpc) is 3.20. The van der Waals surface area contributed by atoms with E-state index in [9.17, 15) is 0 Å². The second kappa shape index (κ2) is 7.13. The smallest absolute Gasteiger partial charge is 0.150 e. The van der Waals surface area contributed by atoms with Crippen LogP contribution in [0.1, 0.15) is 5.56 Å². The Morgan fingerprint density at radius 2 is 1.56 bits per heavy atom. The van der Waals surface area contributed by atoms with Crippen molar-refractivity contribution in [2.45, 2.75) is 0 Å². The van der Waals surface area contributed by atoms with Crippen molar-refractivity contribution in [2.24, 2.45) is 16.7 Å². The van der Waals surface area contributed by atoms with Gasteiger partial charge in [0, 0.05) is 35.3 Å². The van der Waals surface area contributed by atoms with Crippen LogP contribution >= 0.6 is 0 Å². The molecular formula is C21H18N6. The molecule has 0 aliphatic carbocycles. The fourth-order valence-corrected chi connectivity index (χ4v) is 2.92. The quantitative estimate of drug-likeness (QED) is 0.255. The first-order chi connectivity index (χ1) is 13.3. The topological polar surface area (TPSA) is 95.1 Å². The van der Waals surface area contributed by atoms with Gasteiger partial charge in [0.15, 0.2) is 0 Å². The summed E-state index contributed by atoms with van der Waals surface area (Å²) in [6.07, 6.45) is 5.56. The highest BCUT2D eigenvalue weighted by atomic mass is 15.3. The molecule has 4 N–H and O–H groups in total. The van der Waals surface area contributed by atoms with Gasteiger partial charge in [0.05, 0.1) is 5.69 Å². The van der Waals surface area contributed by atoms with E-state index in [2.05, 4.69) is 10.1 Å². The molecule has 2 aromatic heterocycles. The van der Waals surface area contributed by atoms with Crippen LogP contribution in [0.4, 0.5) is 0 Å². The molecule has 0 bridgehead atoms. The number of benzene rings is 2. The summed E-state index contributed by atoms with van der Waals surface area (Å²) in [5, 5.41) is 8.36. The van der Waals surface area contributed by atoms with Gasteiger partial charge in [-0.2, -0.15) is 10.2 Å². The van der Waals surface area contributed by atoms with Crippen molar-refractivity contribution in [1.29, 1.82) is 0 Å². The molecule has 2 heterocycles. The number of nitrogens with two attached hydrogens (primary N) is 2. The Hall–Kier alpha value is -3.93. The number of rotatable bonds is 4. The Bertz CT molecular complexity index is 1070. The Balaban J connectivity index is 1.85. The minimum atomic E-state index is 0.302. The van der Waals surface area contributed by atoms with Gasteiger partial charge in [-0.1, -0.05) is 42.5 Å². The molecule has 0 saturated carbocycles. The van der Waals surface area contributed by atoms with Crippen molar-refractivity contribution in [1.82, 2.24) is 14.8 Å². The van der Waals surface area contributed by atoms with Crippen molar-refractivity contribution >= 4 is 5.84 Å². The van der Waals surface area contributed by atoms with Crippen molar-refractivity contribution in [3.63, 3.8) is 0 Å². The standard InChI is InChI=1S/C21H18N6/c22-21(25-23)17-8-6-15(7-9-17)19-14-27(18-4-2-1-3-5-18)26-20(19)16-10-12-24-13-11-16/h1-14H,23H2,(H2,22,25). The van der Waals surface area contributed by atoms with E-state index in [1.165, 1.54) is 0 Å². The largest absolute Gasteiger partial charge is 0.382 e. The number of hydrazone groups is 1. The zero-order chi connectivity index (χ0) is 18.6. The van der Waals surface area contributed by atoms with E-state index in [-0.39, 0.29) is 0 Å². The highest BCUT2D eigenvalue weighted by Crippen LogP contribution is 2.32. The zero-order valence-corrected chi connectivity index (χ0v) is 14.5. The van der Waals surface area contributed by atoms with Crippen LogP contribution in [-0.4, -0.2) is 20.6 Å². The van der Waals surface area contributed by atoms with Crippen LogP contribution in [0.3, 0.4) is 0 Å². The van der Waals surface area contributed by atoms with Crippen molar-refractivity contribution in [2.75, 3.05) is 0 Å². The molecular weight excluding hydrogens is 336 g/mol. The van der Waals surface area contributed by atoms with Crippen LogP contribution in [-0.2, 0) is 0 Å². The van der Waals surface area contributed by atoms with Gasteiger partial charge >= 0.3 is 0 Å². The second-order valence-electron chi connectivity index (χ2n) is 6.00. The maximum absolute atomic E-state index is 5.79. The molecule has 2 aromatic carbocycles. The van der Waals surface area contributed by atoms with Gasteiger partial charge in [-0.15, -0.1) is 0 Å². The predicted molar refractivity (Wildman–Crippen MR) is 107 cm³/mol. The van der Waals surface area contributed by atoms with Gasteiger partial charge in [-0.05, 0) is 29.8 Å². The molecule has 0 fully saturated rings. The van der Waals surface area contributed by atoms with Gasteiger partial charge in [-0.3, -0.25) is 4.98 Å². The van der Waals surface area contributed by atoms with E-state index < -0.39 is 0 Å². The molecule has 0 aliphatic heterocycles. The molecule has 6 nitrogen and oxygen atoms in total. The van der Waals surface area contributed by atoms with Crippen molar-refractivity contribution in [3.8, 4) is 28.1 Å². The summed E-state index contributed by atoms with van der Waals surface area (Å²) in [5.41, 5.74) is 11.5. The first kappa shape index (κ1) is 16.5. The summed E-state index contributed by atoms with van der Waals surface area (Å²) in [5.74, 6) is 5.57. The van der Waals surface area contributed by atoms with Gasteiger partial charge in [-0.25, -0.2) is 4.68 Å². The molecule has 0 amide bonds. The van der Waals surface area contributed by atoms with Gasteiger partial charge in [0.1, 0.15) is 11.5 Å². The fourth-order valence-electron chi connectivity index (χ4n) is 2.92. The van der Waals surface area contributed by atoms with Crippen molar-refractivity contribution in [3.05, 3.63) is 90.9 Å². The summed E-state index contributed by atoms with van der Waals surface area (Å²) in [4.78, 5) is 4.11. The van der Waals surface area contributed by atoms with E-state index in [1.54, 1.807) is 12.4 Å². The molecule has 0 spiro atoms. The molecule has 0 saturated heterocycles. The first-order valence-corrected chi connectivity index (χ1v) is 8.46. The maximum atomic E-state index is 5.79. The Morgan fingerprint density at radius 3 is 2.22 bits per heavy atom. The highest BCUT2D eigenvalue weighted by Gasteiger charge is 2.14. The number of para-hydroxylation sites is 1. The summed E-state index contributed by atoms with van der Waals surface area (Å²) < 4.78 is 1.88. The van der Waals surface area contributed by atoms with Gasteiger partial charge in [0.25, 0.3) is 0 Å². The highest BCUT2D eigenvalue weighted by molar-refractivity contribution is 5.97. The Labute approximate surface area is 156 Å². The molecule has 0 atom stereocenters. The molecule has 6 heteroatoms. The minimum Gasteiger partial charge on any atom is -0.382 e. The van der Waals surface area contributed by atoms with Gasteiger partial charge in [0.2, 0.25) is 0 Å². The van der Waals surface area contributed by atoms with Crippen molar-refractivity contribution < 1.29 is 0 Å². The molecule has 0 radical (unpaired) electrons. The SMILES string of the molecule is N/N=C(\N)c1ccc(-c2cn(-c3ccccc3)nc2-c2ccncc2)cc1. The predicted octanol–water partition coefficient (Wildman–Crippen LogP) is 3.18. The normalized spacial score (nSPS) is 11.5. The third-order valence-corrected chi connectivity index (χ3v) is 4.32. The maximum Gasteiger partial charge on any atom is 0.150 e. The minimum absolute atomic E-state index is 0.302. The number of hydrogen-bond donors (Lipinski definition) is 2. The summed E-state index contributed by atoms with van der Waals surface area (Å²) >= 11 is 0. The summed E-state index contributed by atoms with van der Waals surface area (Å²) in [6, 6.07) is 21.7. The molecule has 132 valence electrons.